The summed E-state index contributed by atoms with van der Waals surface area (Å²) in [6.45, 7) is 5.31. The van der Waals surface area contributed by atoms with E-state index in [1.165, 1.54) is 32.1 Å². The topological polar surface area (TPSA) is 50.7 Å². The van der Waals surface area contributed by atoms with Gasteiger partial charge in [-0.25, -0.2) is 15.0 Å². The molecular weight excluding hydrogens is 280 g/mol. The number of rotatable bonds is 9. The summed E-state index contributed by atoms with van der Waals surface area (Å²) < 4.78 is 0. The molecule has 1 N–H and O–H groups in total. The largest absolute Gasteiger partial charge is 0.369 e. The number of nitrogens with one attached hydrogen (secondary N) is 1. The van der Waals surface area contributed by atoms with Gasteiger partial charge in [-0.15, -0.1) is 0 Å². The molecule has 4 nitrogen and oxygen atoms in total. The molecule has 0 fully saturated rings. The minimum atomic E-state index is 0.775. The monoisotopic (exact) mass is 304 g/mol. The Kier molecular flexibility index (Phi) is 6.73. The Balaban J connectivity index is 2.03. The lowest BCUT2D eigenvalue weighted by atomic mass is 10.1. The van der Waals surface area contributed by atoms with Crippen molar-refractivity contribution < 1.29 is 0 Å². The fourth-order valence-corrected chi connectivity index (χ4v) is 2.77. The lowest BCUT2D eigenvalue weighted by molar-refractivity contribution is 0.644. The number of pyridine rings is 1. The molecule has 0 saturated carbocycles. The molecule has 0 radical (unpaired) electrons. The van der Waals surface area contributed by atoms with Gasteiger partial charge in [0.25, 0.3) is 0 Å². The molecule has 0 amide bonds. The molecule has 2 aromatic rings. The molecule has 0 aromatic carbocycles. The van der Waals surface area contributed by atoms with E-state index in [4.69, 9.17) is 0 Å². The van der Waals surface area contributed by atoms with E-state index in [-0.39, 0.29) is 0 Å². The molecule has 0 saturated heterocycles. The van der Waals surface area contributed by atoms with Gasteiger partial charge < -0.3 is 5.32 Å². The first-order valence-electron chi connectivity index (χ1n) is 7.84. The van der Waals surface area contributed by atoms with E-state index in [0.29, 0.717) is 0 Å². The highest BCUT2D eigenvalue weighted by atomic mass is 32.2. The molecule has 0 aliphatic carbocycles. The van der Waals surface area contributed by atoms with Crippen LogP contribution in [0.4, 0.5) is 5.82 Å². The average Bonchev–Trinajstić information content (AvgIpc) is 2.51. The Bertz CT molecular complexity index is 559. The number of aromatic nitrogens is 3. The third-order valence-electron chi connectivity index (χ3n) is 3.30. The van der Waals surface area contributed by atoms with Crippen LogP contribution in [0.15, 0.2) is 23.5 Å². The predicted octanol–water partition coefficient (Wildman–Crippen LogP) is 4.52. The Morgan fingerprint density at radius 1 is 1.10 bits per heavy atom. The van der Waals surface area contributed by atoms with Crippen molar-refractivity contribution in [2.24, 2.45) is 0 Å². The third-order valence-corrected chi connectivity index (χ3v) is 4.03. The van der Waals surface area contributed by atoms with Crippen molar-refractivity contribution in [3.8, 4) is 0 Å². The Morgan fingerprint density at radius 3 is 2.76 bits per heavy atom. The molecule has 0 atom stereocenters. The molecular formula is C16H24N4S. The summed E-state index contributed by atoms with van der Waals surface area (Å²) in [6.07, 6.45) is 8.18. The SMILES string of the molecule is CCCCCCCNc1nc(SCC)nc2ncccc12. The van der Waals surface area contributed by atoms with Crippen LogP contribution in [0.25, 0.3) is 11.0 Å². The van der Waals surface area contributed by atoms with Crippen molar-refractivity contribution in [2.75, 3.05) is 17.6 Å². The standard InChI is InChI=1S/C16H24N4S/c1-3-5-6-7-8-11-17-14-13-10-9-12-18-15(13)20-16(19-14)21-4-2/h9-10,12H,3-8,11H2,1-2H3,(H,17,18,19,20). The average molecular weight is 304 g/mol. The van der Waals surface area contributed by atoms with Crippen LogP contribution in [0.3, 0.4) is 0 Å². The summed E-state index contributed by atoms with van der Waals surface area (Å²) in [6, 6.07) is 3.97. The number of anilines is 1. The highest BCUT2D eigenvalue weighted by Crippen LogP contribution is 2.22. The quantitative estimate of drug-likeness (QED) is 0.419. The van der Waals surface area contributed by atoms with Crippen LogP contribution < -0.4 is 5.32 Å². The number of hydrogen-bond donors (Lipinski definition) is 1. The minimum absolute atomic E-state index is 0.775. The Labute approximate surface area is 131 Å². The van der Waals surface area contributed by atoms with E-state index in [1.807, 2.05) is 12.1 Å². The molecule has 0 aliphatic heterocycles. The van der Waals surface area contributed by atoms with Crippen molar-refractivity contribution in [3.05, 3.63) is 18.3 Å². The molecule has 114 valence electrons. The summed E-state index contributed by atoms with van der Waals surface area (Å²) in [7, 11) is 0. The number of nitrogens with zero attached hydrogens (tertiary/aromatic N) is 3. The zero-order valence-corrected chi connectivity index (χ0v) is 13.7. The Hall–Kier alpha value is -1.36. The number of thioether (sulfide) groups is 1. The molecule has 0 bridgehead atoms. The molecule has 0 spiro atoms. The van der Waals surface area contributed by atoms with E-state index in [0.717, 1.165) is 34.3 Å². The van der Waals surface area contributed by atoms with Crippen molar-refractivity contribution >= 4 is 28.6 Å². The van der Waals surface area contributed by atoms with Gasteiger partial charge in [-0.1, -0.05) is 51.3 Å². The normalized spacial score (nSPS) is 11.0. The third kappa shape index (κ3) is 4.84. The highest BCUT2D eigenvalue weighted by Gasteiger charge is 2.07. The summed E-state index contributed by atoms with van der Waals surface area (Å²) in [4.78, 5) is 13.5. The molecule has 0 unspecified atom stereocenters. The molecule has 21 heavy (non-hydrogen) atoms. The van der Waals surface area contributed by atoms with Gasteiger partial charge in [0.2, 0.25) is 0 Å². The van der Waals surface area contributed by atoms with E-state index < -0.39 is 0 Å². The highest BCUT2D eigenvalue weighted by molar-refractivity contribution is 7.99. The molecule has 2 heterocycles. The van der Waals surface area contributed by atoms with Gasteiger partial charge in [0.1, 0.15) is 5.82 Å². The van der Waals surface area contributed by atoms with Crippen LogP contribution in [-0.2, 0) is 0 Å². The number of unbranched alkanes of at least 4 members (excludes halogenated alkanes) is 4. The van der Waals surface area contributed by atoms with E-state index in [2.05, 4.69) is 34.1 Å². The predicted molar refractivity (Wildman–Crippen MR) is 91.0 cm³/mol. The van der Waals surface area contributed by atoms with Gasteiger partial charge in [-0.2, -0.15) is 0 Å². The van der Waals surface area contributed by atoms with Crippen molar-refractivity contribution in [1.29, 1.82) is 0 Å². The first kappa shape index (κ1) is 16.0. The smallest absolute Gasteiger partial charge is 0.191 e. The van der Waals surface area contributed by atoms with Crippen LogP contribution in [-0.4, -0.2) is 27.2 Å². The van der Waals surface area contributed by atoms with Gasteiger partial charge in [-0.3, -0.25) is 0 Å². The second-order valence-corrected chi connectivity index (χ2v) is 6.23. The van der Waals surface area contributed by atoms with E-state index >= 15 is 0 Å². The van der Waals surface area contributed by atoms with Gasteiger partial charge in [0, 0.05) is 12.7 Å². The lowest BCUT2D eigenvalue weighted by Crippen LogP contribution is -2.06. The van der Waals surface area contributed by atoms with Crippen LogP contribution in [0, 0.1) is 0 Å². The van der Waals surface area contributed by atoms with Crippen molar-refractivity contribution in [3.63, 3.8) is 0 Å². The molecule has 2 aromatic heterocycles. The van der Waals surface area contributed by atoms with Gasteiger partial charge in [-0.05, 0) is 24.3 Å². The first-order valence-corrected chi connectivity index (χ1v) is 8.83. The fraction of sp³-hybridized carbons (Fsp3) is 0.562. The summed E-state index contributed by atoms with van der Waals surface area (Å²) in [5.74, 6) is 1.88. The summed E-state index contributed by atoms with van der Waals surface area (Å²) in [5, 5.41) is 5.27. The molecule has 2 rings (SSSR count). The van der Waals surface area contributed by atoms with Gasteiger partial charge in [0.05, 0.1) is 5.39 Å². The molecule has 5 heteroatoms. The first-order chi connectivity index (χ1) is 10.3. The Morgan fingerprint density at radius 2 is 1.95 bits per heavy atom. The van der Waals surface area contributed by atoms with E-state index in [9.17, 15) is 0 Å². The molecule has 0 aliphatic rings. The number of hydrogen-bond acceptors (Lipinski definition) is 5. The summed E-state index contributed by atoms with van der Waals surface area (Å²) >= 11 is 1.65. The number of fused-ring (bicyclic) bond motifs is 1. The van der Waals surface area contributed by atoms with E-state index in [1.54, 1.807) is 18.0 Å². The minimum Gasteiger partial charge on any atom is -0.369 e. The summed E-state index contributed by atoms with van der Waals surface area (Å²) in [5.41, 5.74) is 0.775. The maximum Gasteiger partial charge on any atom is 0.191 e. The zero-order valence-electron chi connectivity index (χ0n) is 12.9. The van der Waals surface area contributed by atoms with Crippen molar-refractivity contribution in [1.82, 2.24) is 15.0 Å². The zero-order chi connectivity index (χ0) is 14.9. The maximum absolute atomic E-state index is 4.63. The van der Waals surface area contributed by atoms with Gasteiger partial charge in [0.15, 0.2) is 10.8 Å². The second-order valence-electron chi connectivity index (χ2n) is 5.00. The van der Waals surface area contributed by atoms with Crippen LogP contribution in [0.1, 0.15) is 46.0 Å². The maximum atomic E-state index is 4.63. The van der Waals surface area contributed by atoms with Gasteiger partial charge >= 0.3 is 0 Å². The fourth-order valence-electron chi connectivity index (χ4n) is 2.21. The van der Waals surface area contributed by atoms with Crippen LogP contribution in [0.5, 0.6) is 0 Å². The van der Waals surface area contributed by atoms with Crippen LogP contribution >= 0.6 is 11.8 Å². The van der Waals surface area contributed by atoms with Crippen LogP contribution in [0.2, 0.25) is 0 Å². The lowest BCUT2D eigenvalue weighted by Gasteiger charge is -2.09. The van der Waals surface area contributed by atoms with Crippen molar-refractivity contribution in [2.45, 2.75) is 51.1 Å². The second kappa shape index (κ2) is 8.82.